The Morgan fingerprint density at radius 3 is 2.41 bits per heavy atom. The first-order valence-electron chi connectivity index (χ1n) is 12.2. The summed E-state index contributed by atoms with van der Waals surface area (Å²) >= 11 is 6.11. The first-order chi connectivity index (χ1) is 16.3. The minimum absolute atomic E-state index is 0.137. The van der Waals surface area contributed by atoms with Gasteiger partial charge in [0.2, 0.25) is 5.91 Å². The van der Waals surface area contributed by atoms with Crippen molar-refractivity contribution < 1.29 is 14.3 Å². The molecule has 0 aromatic heterocycles. The minimum Gasteiger partial charge on any atom is -0.496 e. The predicted octanol–water partition coefficient (Wildman–Crippen LogP) is 1.43. The number of amides is 2. The number of halogens is 1. The van der Waals surface area contributed by atoms with Gasteiger partial charge in [0.15, 0.2) is 0 Å². The number of nitrogens with two attached hydrogens (primary N) is 3. The highest BCUT2D eigenvalue weighted by molar-refractivity contribution is 6.33. The van der Waals surface area contributed by atoms with Crippen molar-refractivity contribution in [1.82, 2.24) is 15.1 Å². The van der Waals surface area contributed by atoms with E-state index in [0.717, 1.165) is 58.5 Å². The van der Waals surface area contributed by atoms with Crippen LogP contribution in [0.5, 0.6) is 5.75 Å². The summed E-state index contributed by atoms with van der Waals surface area (Å²) in [5.74, 6) is 0.535. The van der Waals surface area contributed by atoms with E-state index in [0.29, 0.717) is 34.4 Å². The summed E-state index contributed by atoms with van der Waals surface area (Å²) in [5, 5.41) is 3.48. The van der Waals surface area contributed by atoms with Crippen LogP contribution in [0.15, 0.2) is 12.1 Å². The van der Waals surface area contributed by atoms with Crippen LogP contribution in [0.4, 0.5) is 5.69 Å². The van der Waals surface area contributed by atoms with Crippen LogP contribution >= 0.6 is 11.6 Å². The maximum absolute atomic E-state index is 12.8. The smallest absolute Gasteiger partial charge is 0.255 e. The number of methoxy groups -OCH3 is 1. The second kappa shape index (κ2) is 12.6. The molecule has 7 N–H and O–H groups in total. The van der Waals surface area contributed by atoms with Crippen LogP contribution < -0.4 is 27.3 Å². The monoisotopic (exact) mass is 494 g/mol. The molecule has 2 heterocycles. The number of hydrogen-bond donors (Lipinski definition) is 4. The Kier molecular flexibility index (Phi) is 9.82. The molecule has 2 aliphatic rings. The molecule has 0 bridgehead atoms. The largest absolute Gasteiger partial charge is 0.496 e. The number of nitrogens with one attached hydrogen (secondary N) is 1. The van der Waals surface area contributed by atoms with Crippen molar-refractivity contribution in [2.45, 2.75) is 50.6 Å². The minimum atomic E-state index is -0.531. The van der Waals surface area contributed by atoms with Crippen molar-refractivity contribution in [3.8, 4) is 5.75 Å². The van der Waals surface area contributed by atoms with Crippen molar-refractivity contribution in [2.75, 3.05) is 52.1 Å². The van der Waals surface area contributed by atoms with Gasteiger partial charge in [0.1, 0.15) is 5.75 Å². The van der Waals surface area contributed by atoms with E-state index in [4.69, 9.17) is 33.5 Å². The van der Waals surface area contributed by atoms with Crippen LogP contribution in [0.25, 0.3) is 0 Å². The van der Waals surface area contributed by atoms with E-state index < -0.39 is 11.9 Å². The van der Waals surface area contributed by atoms with E-state index in [-0.39, 0.29) is 11.9 Å². The number of carbonyl (C=O) groups is 2. The summed E-state index contributed by atoms with van der Waals surface area (Å²) in [6.45, 7) is 6.24. The Morgan fingerprint density at radius 2 is 1.79 bits per heavy atom. The number of nitrogens with zero attached hydrogens (tertiary/aromatic N) is 2. The third-order valence-electron chi connectivity index (χ3n) is 7.06. The number of primary amides is 1. The van der Waals surface area contributed by atoms with Gasteiger partial charge in [0.05, 0.1) is 29.4 Å². The Morgan fingerprint density at radius 1 is 1.15 bits per heavy atom. The maximum atomic E-state index is 12.8. The van der Waals surface area contributed by atoms with Gasteiger partial charge in [0.25, 0.3) is 5.91 Å². The average Bonchev–Trinajstić information content (AvgIpc) is 2.82. The third kappa shape index (κ3) is 7.46. The summed E-state index contributed by atoms with van der Waals surface area (Å²) < 4.78 is 5.31. The van der Waals surface area contributed by atoms with Gasteiger partial charge >= 0.3 is 0 Å². The number of hydrogen-bond acceptors (Lipinski definition) is 7. The van der Waals surface area contributed by atoms with Crippen molar-refractivity contribution in [1.29, 1.82) is 0 Å². The number of rotatable bonds is 10. The molecule has 190 valence electrons. The molecule has 0 radical (unpaired) electrons. The fraction of sp³-hybridized carbons (Fsp3) is 0.667. The van der Waals surface area contributed by atoms with Crippen LogP contribution in [0.1, 0.15) is 48.9 Å². The molecular formula is C24H39ClN6O3. The molecule has 1 aromatic carbocycles. The van der Waals surface area contributed by atoms with Gasteiger partial charge in [-0.25, -0.2) is 0 Å². The van der Waals surface area contributed by atoms with E-state index in [9.17, 15) is 9.59 Å². The lowest BCUT2D eigenvalue weighted by atomic mass is 9.94. The standard InChI is InChI=1S/C24H39ClN6O3/c1-34-22-14-21(27)19(25)13-18(22)24(33)29-17-6-11-31(12-7-17)15-16-4-9-30(10-5-16)8-2-3-20(26)23(28)32/h13-14,16-17,20H,2-12,15,26-27H2,1H3,(H2,28,32)(H,29,33). The molecule has 1 unspecified atom stereocenters. The maximum Gasteiger partial charge on any atom is 0.255 e. The summed E-state index contributed by atoms with van der Waals surface area (Å²) in [5.41, 5.74) is 17.6. The molecule has 2 aliphatic heterocycles. The normalized spacial score (nSPS) is 19.6. The number of anilines is 1. The Labute approximate surface area is 207 Å². The zero-order chi connectivity index (χ0) is 24.7. The zero-order valence-corrected chi connectivity index (χ0v) is 20.9. The Hall–Kier alpha value is -2.07. The second-order valence-corrected chi connectivity index (χ2v) is 9.97. The molecule has 2 amide bonds. The molecular weight excluding hydrogens is 456 g/mol. The van der Waals surface area contributed by atoms with Gasteiger partial charge in [0, 0.05) is 31.7 Å². The van der Waals surface area contributed by atoms with Gasteiger partial charge < -0.3 is 37.1 Å². The van der Waals surface area contributed by atoms with Gasteiger partial charge in [-0.2, -0.15) is 0 Å². The lowest BCUT2D eigenvalue weighted by molar-refractivity contribution is -0.119. The number of ether oxygens (including phenoxy) is 1. The molecule has 9 nitrogen and oxygen atoms in total. The van der Waals surface area contributed by atoms with Crippen molar-refractivity contribution in [2.24, 2.45) is 17.4 Å². The number of carbonyl (C=O) groups excluding carboxylic acids is 2. The van der Waals surface area contributed by atoms with Crippen LogP contribution in [-0.4, -0.2) is 80.1 Å². The number of likely N-dealkylation sites (tertiary alicyclic amines) is 2. The van der Waals surface area contributed by atoms with E-state index in [2.05, 4.69) is 15.1 Å². The fourth-order valence-electron chi connectivity index (χ4n) is 4.87. The first-order valence-corrected chi connectivity index (χ1v) is 12.6. The van der Waals surface area contributed by atoms with Crippen LogP contribution in [0.2, 0.25) is 5.02 Å². The zero-order valence-electron chi connectivity index (χ0n) is 20.1. The number of nitrogen functional groups attached to an aromatic ring is 1. The van der Waals surface area contributed by atoms with Crippen LogP contribution in [0.3, 0.4) is 0 Å². The van der Waals surface area contributed by atoms with Gasteiger partial charge in [-0.15, -0.1) is 0 Å². The van der Waals surface area contributed by atoms with Gasteiger partial charge in [-0.1, -0.05) is 11.6 Å². The fourth-order valence-corrected chi connectivity index (χ4v) is 5.04. The van der Waals surface area contributed by atoms with E-state index >= 15 is 0 Å². The Balaban J connectivity index is 1.36. The first kappa shape index (κ1) is 26.5. The summed E-state index contributed by atoms with van der Waals surface area (Å²) in [4.78, 5) is 28.8. The van der Waals surface area contributed by atoms with Crippen LogP contribution in [0, 0.1) is 5.92 Å². The number of benzene rings is 1. The highest BCUT2D eigenvalue weighted by atomic mass is 35.5. The summed E-state index contributed by atoms with van der Waals surface area (Å²) in [6.07, 6.45) is 5.79. The molecule has 1 atom stereocenters. The molecule has 2 fully saturated rings. The molecule has 3 rings (SSSR count). The SMILES string of the molecule is COc1cc(N)c(Cl)cc1C(=O)NC1CCN(CC2CCN(CCCC(N)C(N)=O)CC2)CC1. The predicted molar refractivity (Wildman–Crippen MR) is 135 cm³/mol. The van der Waals surface area contributed by atoms with Gasteiger partial charge in [-0.3, -0.25) is 9.59 Å². The summed E-state index contributed by atoms with van der Waals surface area (Å²) in [7, 11) is 1.52. The quantitative estimate of drug-likeness (QED) is 0.360. The molecule has 0 saturated carbocycles. The van der Waals surface area contributed by atoms with Crippen molar-refractivity contribution in [3.05, 3.63) is 22.7 Å². The molecule has 2 saturated heterocycles. The topological polar surface area (TPSA) is 140 Å². The summed E-state index contributed by atoms with van der Waals surface area (Å²) in [6, 6.07) is 2.76. The molecule has 34 heavy (non-hydrogen) atoms. The average molecular weight is 495 g/mol. The van der Waals surface area contributed by atoms with E-state index in [1.54, 1.807) is 12.1 Å². The lowest BCUT2D eigenvalue weighted by Gasteiger charge is -2.38. The molecule has 0 aliphatic carbocycles. The molecule has 1 aromatic rings. The number of piperidine rings is 2. The highest BCUT2D eigenvalue weighted by Crippen LogP contribution is 2.29. The second-order valence-electron chi connectivity index (χ2n) is 9.56. The Bertz CT molecular complexity index is 838. The van der Waals surface area contributed by atoms with E-state index in [1.807, 2.05) is 0 Å². The molecule has 0 spiro atoms. The van der Waals surface area contributed by atoms with Gasteiger partial charge in [-0.05, 0) is 70.1 Å². The van der Waals surface area contributed by atoms with Crippen molar-refractivity contribution in [3.63, 3.8) is 0 Å². The molecule has 10 heteroatoms. The van der Waals surface area contributed by atoms with E-state index in [1.165, 1.54) is 20.0 Å². The van der Waals surface area contributed by atoms with Crippen LogP contribution in [-0.2, 0) is 4.79 Å². The lowest BCUT2D eigenvalue weighted by Crippen LogP contribution is -2.47. The van der Waals surface area contributed by atoms with Crippen molar-refractivity contribution >= 4 is 29.1 Å². The highest BCUT2D eigenvalue weighted by Gasteiger charge is 2.26. The third-order valence-corrected chi connectivity index (χ3v) is 7.39.